The van der Waals surface area contributed by atoms with E-state index in [-0.39, 0.29) is 36.1 Å². The van der Waals surface area contributed by atoms with Gasteiger partial charge in [-0.25, -0.2) is 5.84 Å². The van der Waals surface area contributed by atoms with E-state index in [2.05, 4.69) is 0 Å². The molecular formula is C18H22Cl3N3O4. The smallest absolute Gasteiger partial charge is 0.270 e. The highest BCUT2D eigenvalue weighted by Crippen LogP contribution is 2.17. The molecule has 10 heteroatoms. The van der Waals surface area contributed by atoms with Crippen LogP contribution in [0.4, 0.5) is 5.69 Å². The summed E-state index contributed by atoms with van der Waals surface area (Å²) >= 11 is 5.16. The highest BCUT2D eigenvalue weighted by Gasteiger charge is 2.25. The second-order valence-electron chi connectivity index (χ2n) is 6.29. The standard InChI is InChI=1S/C11H15N3O3.C7H5ClO.2ClH/c1-11(2,3)13(12)10(15)8-5-4-6-9(7-8)14(16)17;8-7(9)6-4-2-1-3-5-6;;/h4-7H,12H2,1-3H3;1-5H;2*1H. The first-order chi connectivity index (χ1) is 12.0. The number of benzene rings is 2. The molecule has 2 aromatic rings. The van der Waals surface area contributed by atoms with Crippen molar-refractivity contribution >= 4 is 53.3 Å². The van der Waals surface area contributed by atoms with Crippen molar-refractivity contribution in [2.24, 2.45) is 5.84 Å². The minimum Gasteiger partial charge on any atom is -0.276 e. The number of rotatable bonds is 3. The summed E-state index contributed by atoms with van der Waals surface area (Å²) in [5, 5.41) is 11.2. The molecule has 0 heterocycles. The van der Waals surface area contributed by atoms with Gasteiger partial charge in [0.25, 0.3) is 16.8 Å². The van der Waals surface area contributed by atoms with Gasteiger partial charge in [0.2, 0.25) is 0 Å². The van der Waals surface area contributed by atoms with Crippen molar-refractivity contribution in [2.75, 3.05) is 0 Å². The molecule has 0 unspecified atom stereocenters. The average Bonchev–Trinajstić information content (AvgIpc) is 2.61. The number of amides is 1. The number of hydrogen-bond donors (Lipinski definition) is 1. The molecule has 28 heavy (non-hydrogen) atoms. The summed E-state index contributed by atoms with van der Waals surface area (Å²) in [5.41, 5.74) is 0.0794. The fraction of sp³-hybridized carbons (Fsp3) is 0.222. The van der Waals surface area contributed by atoms with Gasteiger partial charge in [0.15, 0.2) is 0 Å². The molecule has 2 N–H and O–H groups in total. The van der Waals surface area contributed by atoms with Crippen LogP contribution in [0.15, 0.2) is 54.6 Å². The van der Waals surface area contributed by atoms with Crippen LogP contribution in [-0.2, 0) is 0 Å². The molecule has 0 atom stereocenters. The lowest BCUT2D eigenvalue weighted by atomic mass is 10.1. The number of hydrogen-bond acceptors (Lipinski definition) is 5. The van der Waals surface area contributed by atoms with Crippen molar-refractivity contribution in [3.8, 4) is 0 Å². The van der Waals surface area contributed by atoms with Crippen LogP contribution >= 0.6 is 36.4 Å². The second kappa shape index (κ2) is 12.3. The highest BCUT2D eigenvalue weighted by atomic mass is 35.5. The summed E-state index contributed by atoms with van der Waals surface area (Å²) < 4.78 is 0. The van der Waals surface area contributed by atoms with Crippen molar-refractivity contribution in [1.82, 2.24) is 5.01 Å². The summed E-state index contributed by atoms with van der Waals surface area (Å²) in [6, 6.07) is 14.2. The molecule has 0 aliphatic carbocycles. The van der Waals surface area contributed by atoms with Gasteiger partial charge in [0.05, 0.1) is 10.5 Å². The first kappa shape index (κ1) is 28.0. The van der Waals surface area contributed by atoms with Gasteiger partial charge < -0.3 is 0 Å². The van der Waals surface area contributed by atoms with Gasteiger partial charge in [0.1, 0.15) is 0 Å². The zero-order valence-corrected chi connectivity index (χ0v) is 17.9. The number of non-ortho nitro benzene ring substituents is 1. The number of carbonyl (C=O) groups excluding carboxylic acids is 2. The third-order valence-electron chi connectivity index (χ3n) is 3.25. The maximum atomic E-state index is 11.9. The molecule has 2 aromatic carbocycles. The van der Waals surface area contributed by atoms with Gasteiger partial charge in [-0.05, 0) is 38.4 Å². The Morgan fingerprint density at radius 2 is 1.50 bits per heavy atom. The van der Waals surface area contributed by atoms with E-state index < -0.39 is 21.6 Å². The van der Waals surface area contributed by atoms with Crippen molar-refractivity contribution in [2.45, 2.75) is 26.3 Å². The van der Waals surface area contributed by atoms with Crippen LogP contribution in [-0.4, -0.2) is 26.6 Å². The number of carbonyl (C=O) groups is 2. The third kappa shape index (κ3) is 8.67. The van der Waals surface area contributed by atoms with Crippen molar-refractivity contribution in [3.05, 3.63) is 75.8 Å². The molecule has 7 nitrogen and oxygen atoms in total. The van der Waals surface area contributed by atoms with Gasteiger partial charge in [-0.2, -0.15) is 0 Å². The number of nitrogens with zero attached hydrogens (tertiary/aromatic N) is 2. The molecule has 1 amide bonds. The van der Waals surface area contributed by atoms with Crippen LogP contribution in [0.5, 0.6) is 0 Å². The molecule has 0 fully saturated rings. The maximum absolute atomic E-state index is 11.9. The molecule has 2 rings (SSSR count). The zero-order chi connectivity index (χ0) is 19.9. The fourth-order valence-electron chi connectivity index (χ4n) is 1.77. The van der Waals surface area contributed by atoms with E-state index in [4.69, 9.17) is 17.4 Å². The van der Waals surface area contributed by atoms with E-state index in [0.29, 0.717) is 5.56 Å². The highest BCUT2D eigenvalue weighted by molar-refractivity contribution is 6.67. The third-order valence-corrected chi connectivity index (χ3v) is 3.46. The minimum absolute atomic E-state index is 0. The number of hydrazine groups is 1. The van der Waals surface area contributed by atoms with E-state index >= 15 is 0 Å². The lowest BCUT2D eigenvalue weighted by Crippen LogP contribution is -2.50. The first-order valence-corrected chi connectivity index (χ1v) is 8.00. The molecule has 0 radical (unpaired) electrons. The Kier molecular flexibility index (Phi) is 12.3. The number of nitro groups is 1. The van der Waals surface area contributed by atoms with Gasteiger partial charge in [0, 0.05) is 23.3 Å². The Morgan fingerprint density at radius 1 is 1.00 bits per heavy atom. The van der Waals surface area contributed by atoms with E-state index in [9.17, 15) is 19.7 Å². The van der Waals surface area contributed by atoms with Crippen LogP contribution in [0.3, 0.4) is 0 Å². The number of halogens is 3. The molecule has 0 bridgehead atoms. The Bertz CT molecular complexity index is 796. The van der Waals surface area contributed by atoms with Crippen LogP contribution in [0.2, 0.25) is 0 Å². The van der Waals surface area contributed by atoms with Crippen molar-refractivity contribution < 1.29 is 14.5 Å². The van der Waals surface area contributed by atoms with E-state index in [0.717, 1.165) is 5.01 Å². The van der Waals surface area contributed by atoms with Gasteiger partial charge >= 0.3 is 0 Å². The van der Waals surface area contributed by atoms with Crippen molar-refractivity contribution in [1.29, 1.82) is 0 Å². The van der Waals surface area contributed by atoms with E-state index in [1.807, 2.05) is 6.07 Å². The van der Waals surface area contributed by atoms with Gasteiger partial charge in [-0.3, -0.25) is 24.7 Å². The van der Waals surface area contributed by atoms with Crippen LogP contribution in [0, 0.1) is 10.1 Å². The predicted molar refractivity (Wildman–Crippen MR) is 114 cm³/mol. The van der Waals surface area contributed by atoms with E-state index in [1.54, 1.807) is 45.0 Å². The maximum Gasteiger partial charge on any atom is 0.270 e. The Morgan fingerprint density at radius 3 is 1.89 bits per heavy atom. The van der Waals surface area contributed by atoms with Gasteiger partial charge in [-0.15, -0.1) is 24.8 Å². The SMILES string of the molecule is CC(C)(C)N(N)C(=O)c1cccc([N+](=O)[O-])c1.Cl.Cl.O=C(Cl)c1ccccc1. The molecule has 154 valence electrons. The Labute approximate surface area is 180 Å². The monoisotopic (exact) mass is 449 g/mol. The van der Waals surface area contributed by atoms with Crippen LogP contribution in [0.25, 0.3) is 0 Å². The van der Waals surface area contributed by atoms with Crippen molar-refractivity contribution in [3.63, 3.8) is 0 Å². The first-order valence-electron chi connectivity index (χ1n) is 7.62. The summed E-state index contributed by atoms with van der Waals surface area (Å²) in [6.07, 6.45) is 0. The molecule has 0 aromatic heterocycles. The molecular weight excluding hydrogens is 429 g/mol. The molecule has 0 saturated carbocycles. The predicted octanol–water partition coefficient (Wildman–Crippen LogP) is 4.62. The lowest BCUT2D eigenvalue weighted by molar-refractivity contribution is -0.384. The average molecular weight is 451 g/mol. The fourth-order valence-corrected chi connectivity index (χ4v) is 1.89. The summed E-state index contributed by atoms with van der Waals surface area (Å²) in [7, 11) is 0. The van der Waals surface area contributed by atoms with Gasteiger partial charge in [-0.1, -0.05) is 36.4 Å². The normalized spacial score (nSPS) is 9.61. The minimum atomic E-state index is -0.547. The summed E-state index contributed by atoms with van der Waals surface area (Å²) in [5.74, 6) is 5.22. The largest absolute Gasteiger partial charge is 0.276 e. The second-order valence-corrected chi connectivity index (χ2v) is 6.64. The molecule has 0 aliphatic heterocycles. The summed E-state index contributed by atoms with van der Waals surface area (Å²) in [4.78, 5) is 32.4. The molecule has 0 saturated heterocycles. The van der Waals surface area contributed by atoms with Crippen LogP contribution in [0.1, 0.15) is 41.5 Å². The van der Waals surface area contributed by atoms with Crippen LogP contribution < -0.4 is 5.84 Å². The Balaban J connectivity index is 0. The number of nitro benzene ring substituents is 1. The molecule has 0 spiro atoms. The Hall–Kier alpha value is -2.19. The summed E-state index contributed by atoms with van der Waals surface area (Å²) in [6.45, 7) is 5.34. The molecule has 0 aliphatic rings. The zero-order valence-electron chi connectivity index (χ0n) is 15.5. The quantitative estimate of drug-likeness (QED) is 0.241. The topological polar surface area (TPSA) is 107 Å². The lowest BCUT2D eigenvalue weighted by Gasteiger charge is -2.30. The van der Waals surface area contributed by atoms with E-state index in [1.165, 1.54) is 24.3 Å². The number of nitrogens with two attached hydrogens (primary N) is 1.